The highest BCUT2D eigenvalue weighted by Gasteiger charge is 2.29. The Morgan fingerprint density at radius 3 is 2.76 bits per heavy atom. The molecule has 0 spiro atoms. The number of rotatable bonds is 8. The Morgan fingerprint density at radius 1 is 1.21 bits per heavy atom. The minimum absolute atomic E-state index is 0.0109. The second-order valence-corrected chi connectivity index (χ2v) is 7.31. The maximum absolute atomic E-state index is 13.1. The van der Waals surface area contributed by atoms with Crippen molar-refractivity contribution >= 4 is 17.5 Å². The van der Waals surface area contributed by atoms with Gasteiger partial charge in [0.05, 0.1) is 12.5 Å². The van der Waals surface area contributed by atoms with Crippen molar-refractivity contribution in [2.75, 3.05) is 37.6 Å². The van der Waals surface area contributed by atoms with Crippen molar-refractivity contribution in [3.63, 3.8) is 0 Å². The molecule has 1 saturated heterocycles. The Kier molecular flexibility index (Phi) is 7.58. The van der Waals surface area contributed by atoms with E-state index in [0.29, 0.717) is 32.7 Å². The Balaban J connectivity index is 1.66. The van der Waals surface area contributed by atoms with E-state index >= 15 is 0 Å². The summed E-state index contributed by atoms with van der Waals surface area (Å²) >= 11 is 0. The smallest absolute Gasteiger partial charge is 0.242 e. The summed E-state index contributed by atoms with van der Waals surface area (Å²) in [6.45, 7) is 2.89. The molecule has 2 aromatic rings. The van der Waals surface area contributed by atoms with Crippen molar-refractivity contribution in [2.24, 2.45) is 11.7 Å². The first-order chi connectivity index (χ1) is 14.2. The number of nitrogens with two attached hydrogens (primary N) is 1. The van der Waals surface area contributed by atoms with Gasteiger partial charge in [-0.1, -0.05) is 24.3 Å². The van der Waals surface area contributed by atoms with Crippen LogP contribution in [0.5, 0.6) is 0 Å². The standard InChI is InChI=1S/C22H29N5O2/c23-10-12-25-22(29)19-7-5-13-26(16-19)21(28)17-27(20-8-2-1-3-9-20)15-18-6-4-11-24-14-18/h1-4,6,8-9,11,14,19H,5,7,10,12-13,15-17,23H2,(H,25,29). The van der Waals surface area contributed by atoms with Crippen molar-refractivity contribution in [3.8, 4) is 0 Å². The van der Waals surface area contributed by atoms with Crippen LogP contribution < -0.4 is 16.0 Å². The molecule has 3 rings (SSSR count). The lowest BCUT2D eigenvalue weighted by Crippen LogP contribution is -2.48. The predicted octanol–water partition coefficient (Wildman–Crippen LogP) is 1.40. The molecule has 1 aromatic carbocycles. The molecule has 2 amide bonds. The van der Waals surface area contributed by atoms with Crippen LogP contribution in [0.4, 0.5) is 5.69 Å². The Bertz CT molecular complexity index is 784. The average Bonchev–Trinajstić information content (AvgIpc) is 2.78. The number of likely N-dealkylation sites (tertiary alicyclic amines) is 1. The molecule has 154 valence electrons. The number of amides is 2. The normalized spacial score (nSPS) is 16.3. The Hall–Kier alpha value is -2.93. The molecule has 1 aliphatic rings. The van der Waals surface area contributed by atoms with E-state index in [1.807, 2.05) is 53.6 Å². The minimum Gasteiger partial charge on any atom is -0.358 e. The summed E-state index contributed by atoms with van der Waals surface area (Å²) in [5, 5.41) is 2.84. The van der Waals surface area contributed by atoms with Gasteiger partial charge in [0.1, 0.15) is 0 Å². The third-order valence-corrected chi connectivity index (χ3v) is 5.13. The Labute approximate surface area is 171 Å². The summed E-state index contributed by atoms with van der Waals surface area (Å²) in [7, 11) is 0. The van der Waals surface area contributed by atoms with E-state index in [1.165, 1.54) is 0 Å². The van der Waals surface area contributed by atoms with Crippen LogP contribution in [0.3, 0.4) is 0 Å². The van der Waals surface area contributed by atoms with Crippen molar-refractivity contribution < 1.29 is 9.59 Å². The molecule has 7 heteroatoms. The van der Waals surface area contributed by atoms with Gasteiger partial charge in [-0.3, -0.25) is 14.6 Å². The summed E-state index contributed by atoms with van der Waals surface area (Å²) in [6, 6.07) is 13.8. The van der Waals surface area contributed by atoms with Crippen molar-refractivity contribution in [1.29, 1.82) is 0 Å². The van der Waals surface area contributed by atoms with Gasteiger partial charge in [0.2, 0.25) is 11.8 Å². The zero-order valence-electron chi connectivity index (χ0n) is 16.7. The van der Waals surface area contributed by atoms with Crippen LogP contribution in [0, 0.1) is 5.92 Å². The maximum atomic E-state index is 13.1. The molecule has 1 unspecified atom stereocenters. The first-order valence-corrected chi connectivity index (χ1v) is 10.1. The highest BCUT2D eigenvalue weighted by molar-refractivity contribution is 5.83. The lowest BCUT2D eigenvalue weighted by Gasteiger charge is -2.34. The number of benzene rings is 1. The van der Waals surface area contributed by atoms with Gasteiger partial charge in [-0.25, -0.2) is 0 Å². The van der Waals surface area contributed by atoms with Crippen LogP contribution in [0.1, 0.15) is 18.4 Å². The van der Waals surface area contributed by atoms with Crippen molar-refractivity contribution in [3.05, 3.63) is 60.4 Å². The molecule has 0 aliphatic carbocycles. The predicted molar refractivity (Wildman–Crippen MR) is 113 cm³/mol. The molecule has 0 radical (unpaired) electrons. The van der Waals surface area contributed by atoms with Crippen molar-refractivity contribution in [2.45, 2.75) is 19.4 Å². The van der Waals surface area contributed by atoms with Gasteiger partial charge in [0, 0.05) is 50.8 Å². The molecule has 0 saturated carbocycles. The van der Waals surface area contributed by atoms with Crippen LogP contribution in [-0.4, -0.2) is 54.4 Å². The molecule has 1 aliphatic heterocycles. The quantitative estimate of drug-likeness (QED) is 0.705. The summed E-state index contributed by atoms with van der Waals surface area (Å²) in [5.74, 6) is -0.139. The molecular weight excluding hydrogens is 366 g/mol. The number of hydrogen-bond donors (Lipinski definition) is 2. The molecule has 3 N–H and O–H groups in total. The third kappa shape index (κ3) is 6.02. The third-order valence-electron chi connectivity index (χ3n) is 5.13. The number of carbonyl (C=O) groups is 2. The lowest BCUT2D eigenvalue weighted by atomic mass is 9.97. The van der Waals surface area contributed by atoms with Gasteiger partial charge >= 0.3 is 0 Å². The first kappa shape index (κ1) is 20.8. The SMILES string of the molecule is NCCNC(=O)C1CCCN(C(=O)CN(Cc2cccnc2)c2ccccc2)C1. The zero-order chi connectivity index (χ0) is 20.5. The summed E-state index contributed by atoms with van der Waals surface area (Å²) < 4.78 is 0. The average molecular weight is 396 g/mol. The molecule has 1 atom stereocenters. The van der Waals surface area contributed by atoms with Crippen LogP contribution in [0.2, 0.25) is 0 Å². The largest absolute Gasteiger partial charge is 0.358 e. The summed E-state index contributed by atoms with van der Waals surface area (Å²) in [5.41, 5.74) is 7.49. The number of aromatic nitrogens is 1. The van der Waals surface area contributed by atoms with E-state index in [0.717, 1.165) is 24.1 Å². The van der Waals surface area contributed by atoms with Crippen LogP contribution in [-0.2, 0) is 16.1 Å². The van der Waals surface area contributed by atoms with Crippen LogP contribution >= 0.6 is 0 Å². The van der Waals surface area contributed by atoms with Crippen molar-refractivity contribution in [1.82, 2.24) is 15.2 Å². The minimum atomic E-state index is -0.164. The number of nitrogens with zero attached hydrogens (tertiary/aromatic N) is 3. The molecular formula is C22H29N5O2. The van der Waals surface area contributed by atoms with Gasteiger partial charge in [0.25, 0.3) is 0 Å². The molecule has 1 fully saturated rings. The molecule has 0 bridgehead atoms. The van der Waals surface area contributed by atoms with E-state index in [4.69, 9.17) is 5.73 Å². The number of carbonyl (C=O) groups excluding carboxylic acids is 2. The summed E-state index contributed by atoms with van der Waals surface area (Å²) in [4.78, 5) is 33.4. The van der Waals surface area contributed by atoms with Gasteiger partial charge in [-0.05, 0) is 36.6 Å². The number of anilines is 1. The number of para-hydroxylation sites is 1. The van der Waals surface area contributed by atoms with Gasteiger partial charge < -0.3 is 20.9 Å². The number of piperidine rings is 1. The fourth-order valence-corrected chi connectivity index (χ4v) is 3.61. The second kappa shape index (κ2) is 10.6. The number of pyridine rings is 1. The fraction of sp³-hybridized carbons (Fsp3) is 0.409. The highest BCUT2D eigenvalue weighted by Crippen LogP contribution is 2.20. The number of nitrogens with one attached hydrogen (secondary N) is 1. The van der Waals surface area contributed by atoms with Gasteiger partial charge in [-0.2, -0.15) is 0 Å². The Morgan fingerprint density at radius 2 is 2.03 bits per heavy atom. The maximum Gasteiger partial charge on any atom is 0.242 e. The lowest BCUT2D eigenvalue weighted by molar-refractivity contribution is -0.134. The summed E-state index contributed by atoms with van der Waals surface area (Å²) in [6.07, 6.45) is 5.20. The van der Waals surface area contributed by atoms with E-state index in [2.05, 4.69) is 15.2 Å². The topological polar surface area (TPSA) is 91.6 Å². The molecule has 29 heavy (non-hydrogen) atoms. The number of hydrogen-bond acceptors (Lipinski definition) is 5. The zero-order valence-corrected chi connectivity index (χ0v) is 16.7. The fourth-order valence-electron chi connectivity index (χ4n) is 3.61. The molecule has 2 heterocycles. The van der Waals surface area contributed by atoms with Crippen LogP contribution in [0.25, 0.3) is 0 Å². The van der Waals surface area contributed by atoms with E-state index in [-0.39, 0.29) is 24.3 Å². The van der Waals surface area contributed by atoms with Gasteiger partial charge in [0.15, 0.2) is 0 Å². The highest BCUT2D eigenvalue weighted by atomic mass is 16.2. The van der Waals surface area contributed by atoms with E-state index < -0.39 is 0 Å². The van der Waals surface area contributed by atoms with Gasteiger partial charge in [-0.15, -0.1) is 0 Å². The molecule has 7 nitrogen and oxygen atoms in total. The van der Waals surface area contributed by atoms with E-state index in [1.54, 1.807) is 6.20 Å². The van der Waals surface area contributed by atoms with E-state index in [9.17, 15) is 9.59 Å². The van der Waals surface area contributed by atoms with Crippen LogP contribution in [0.15, 0.2) is 54.9 Å². The first-order valence-electron chi connectivity index (χ1n) is 10.1. The second-order valence-electron chi connectivity index (χ2n) is 7.31. The molecule has 1 aromatic heterocycles. The monoisotopic (exact) mass is 395 g/mol.